The predicted octanol–water partition coefficient (Wildman–Crippen LogP) is 1.90. The van der Waals surface area contributed by atoms with Gasteiger partial charge in [0.1, 0.15) is 5.82 Å². The zero-order valence-electron chi connectivity index (χ0n) is 9.68. The number of carbonyl (C=O) groups excluding carboxylic acids is 1. The van der Waals surface area contributed by atoms with Crippen molar-refractivity contribution < 1.29 is 4.79 Å². The summed E-state index contributed by atoms with van der Waals surface area (Å²) in [6.45, 7) is 6.50. The number of aromatic nitrogens is 1. The van der Waals surface area contributed by atoms with Crippen molar-refractivity contribution in [2.24, 2.45) is 17.8 Å². The summed E-state index contributed by atoms with van der Waals surface area (Å²) >= 11 is 0. The molecule has 0 aromatic carbocycles. The maximum absolute atomic E-state index is 10.7. The van der Waals surface area contributed by atoms with Gasteiger partial charge in [0.2, 0.25) is 0 Å². The van der Waals surface area contributed by atoms with E-state index >= 15 is 0 Å². The molecule has 0 spiro atoms. The lowest BCUT2D eigenvalue weighted by atomic mass is 10.2. The molecule has 0 N–H and O–H groups in total. The van der Waals surface area contributed by atoms with E-state index in [4.69, 9.17) is 0 Å². The molecule has 1 unspecified atom stereocenters. The number of anilines is 1. The molecular formula is C13H16N2O. The summed E-state index contributed by atoms with van der Waals surface area (Å²) < 4.78 is 0. The second-order valence-electron chi connectivity index (χ2n) is 5.05. The molecule has 16 heavy (non-hydrogen) atoms. The van der Waals surface area contributed by atoms with Crippen LogP contribution in [0.25, 0.3) is 0 Å². The summed E-state index contributed by atoms with van der Waals surface area (Å²) in [4.78, 5) is 17.6. The van der Waals surface area contributed by atoms with Gasteiger partial charge >= 0.3 is 0 Å². The van der Waals surface area contributed by atoms with Crippen LogP contribution in [-0.2, 0) is 0 Å². The van der Waals surface area contributed by atoms with E-state index in [1.807, 2.05) is 19.1 Å². The van der Waals surface area contributed by atoms with Gasteiger partial charge in [-0.15, -0.1) is 0 Å². The lowest BCUT2D eigenvalue weighted by molar-refractivity contribution is 0.112. The van der Waals surface area contributed by atoms with Gasteiger partial charge in [0, 0.05) is 18.7 Å². The number of aldehydes is 1. The zero-order valence-corrected chi connectivity index (χ0v) is 9.68. The molecule has 1 aliphatic carbocycles. The van der Waals surface area contributed by atoms with E-state index in [9.17, 15) is 4.79 Å². The lowest BCUT2D eigenvalue weighted by Crippen LogP contribution is -2.24. The number of hydrogen-bond acceptors (Lipinski definition) is 3. The number of rotatable bonds is 2. The van der Waals surface area contributed by atoms with Gasteiger partial charge in [-0.3, -0.25) is 4.79 Å². The van der Waals surface area contributed by atoms with Crippen LogP contribution in [0.15, 0.2) is 12.1 Å². The lowest BCUT2D eigenvalue weighted by Gasteiger charge is -2.20. The van der Waals surface area contributed by atoms with Gasteiger partial charge in [0.05, 0.1) is 5.69 Å². The first kappa shape index (κ1) is 9.82. The SMILES string of the molecule is Cc1nc(N2C[C@@H]3C(C)[C@@H]3C2)ccc1C=O. The summed E-state index contributed by atoms with van der Waals surface area (Å²) in [6.07, 6.45) is 0.871. The Morgan fingerprint density at radius 1 is 1.38 bits per heavy atom. The molecule has 2 fully saturated rings. The van der Waals surface area contributed by atoms with Gasteiger partial charge in [-0.2, -0.15) is 0 Å². The molecule has 2 aliphatic rings. The van der Waals surface area contributed by atoms with Gasteiger partial charge in [-0.1, -0.05) is 6.92 Å². The van der Waals surface area contributed by atoms with Crippen LogP contribution in [0, 0.1) is 24.7 Å². The molecule has 3 atom stereocenters. The molecule has 3 heteroatoms. The van der Waals surface area contributed by atoms with Gasteiger partial charge < -0.3 is 4.90 Å². The van der Waals surface area contributed by atoms with Crippen molar-refractivity contribution in [2.75, 3.05) is 18.0 Å². The first-order valence-corrected chi connectivity index (χ1v) is 5.88. The molecule has 1 saturated carbocycles. The fourth-order valence-electron chi connectivity index (χ4n) is 2.87. The summed E-state index contributed by atoms with van der Waals surface area (Å²) in [6, 6.07) is 3.84. The van der Waals surface area contributed by atoms with Gasteiger partial charge in [-0.25, -0.2) is 4.98 Å². The van der Waals surface area contributed by atoms with Crippen LogP contribution in [0.5, 0.6) is 0 Å². The average molecular weight is 216 g/mol. The Labute approximate surface area is 95.5 Å². The van der Waals surface area contributed by atoms with Gasteiger partial charge in [-0.05, 0) is 36.8 Å². The smallest absolute Gasteiger partial charge is 0.151 e. The predicted molar refractivity (Wildman–Crippen MR) is 62.7 cm³/mol. The number of carbonyl (C=O) groups is 1. The monoisotopic (exact) mass is 216 g/mol. The highest BCUT2D eigenvalue weighted by atomic mass is 16.1. The molecule has 1 saturated heterocycles. The maximum atomic E-state index is 10.7. The minimum atomic E-state index is 0.696. The Hall–Kier alpha value is -1.38. The van der Waals surface area contributed by atoms with Crippen molar-refractivity contribution >= 4 is 12.1 Å². The van der Waals surface area contributed by atoms with E-state index in [-0.39, 0.29) is 0 Å². The minimum absolute atomic E-state index is 0.696. The number of fused-ring (bicyclic) bond motifs is 1. The van der Waals surface area contributed by atoms with Gasteiger partial charge in [0.25, 0.3) is 0 Å². The van der Waals surface area contributed by atoms with Crippen LogP contribution >= 0.6 is 0 Å². The Morgan fingerprint density at radius 2 is 2.06 bits per heavy atom. The van der Waals surface area contributed by atoms with Crippen LogP contribution in [0.3, 0.4) is 0 Å². The molecular weight excluding hydrogens is 200 g/mol. The third-order valence-corrected chi connectivity index (χ3v) is 4.19. The second-order valence-corrected chi connectivity index (χ2v) is 5.05. The van der Waals surface area contributed by atoms with Crippen LogP contribution in [-0.4, -0.2) is 24.4 Å². The second kappa shape index (κ2) is 3.30. The number of piperidine rings is 1. The van der Waals surface area contributed by atoms with Gasteiger partial charge in [0.15, 0.2) is 6.29 Å². The highest BCUT2D eigenvalue weighted by molar-refractivity contribution is 5.76. The standard InChI is InChI=1S/C13H16N2O/c1-8-11-5-15(6-12(8)11)13-4-3-10(7-16)9(2)14-13/h3-4,7-8,11-12H,5-6H2,1-2H3/t8?,11-,12+. The van der Waals surface area contributed by atoms with Crippen LogP contribution in [0.1, 0.15) is 23.0 Å². The van der Waals surface area contributed by atoms with Crippen molar-refractivity contribution in [1.29, 1.82) is 0 Å². The van der Waals surface area contributed by atoms with Crippen molar-refractivity contribution in [1.82, 2.24) is 4.98 Å². The molecule has 0 bridgehead atoms. The summed E-state index contributed by atoms with van der Waals surface area (Å²) in [5.41, 5.74) is 1.53. The van der Waals surface area contributed by atoms with E-state index in [0.29, 0.717) is 5.56 Å². The molecule has 1 aliphatic heterocycles. The number of pyridine rings is 1. The molecule has 3 rings (SSSR count). The third-order valence-electron chi connectivity index (χ3n) is 4.19. The van der Waals surface area contributed by atoms with Crippen LogP contribution in [0.4, 0.5) is 5.82 Å². The van der Waals surface area contributed by atoms with E-state index in [0.717, 1.165) is 48.6 Å². The molecule has 84 valence electrons. The zero-order chi connectivity index (χ0) is 11.3. The maximum Gasteiger partial charge on any atom is 0.151 e. The van der Waals surface area contributed by atoms with E-state index < -0.39 is 0 Å². The van der Waals surface area contributed by atoms with Crippen LogP contribution < -0.4 is 4.90 Å². The highest BCUT2D eigenvalue weighted by Crippen LogP contribution is 2.51. The summed E-state index contributed by atoms with van der Waals surface area (Å²) in [5, 5.41) is 0. The van der Waals surface area contributed by atoms with Crippen molar-refractivity contribution in [2.45, 2.75) is 13.8 Å². The van der Waals surface area contributed by atoms with Crippen molar-refractivity contribution in [3.05, 3.63) is 23.4 Å². The van der Waals surface area contributed by atoms with Crippen molar-refractivity contribution in [3.63, 3.8) is 0 Å². The average Bonchev–Trinajstić information content (AvgIpc) is 2.75. The Kier molecular flexibility index (Phi) is 2.03. The molecule has 1 aromatic heterocycles. The Morgan fingerprint density at radius 3 is 2.62 bits per heavy atom. The summed E-state index contributed by atoms with van der Waals surface area (Å²) in [5.74, 6) is 3.70. The molecule has 0 amide bonds. The van der Waals surface area contributed by atoms with E-state index in [2.05, 4.69) is 16.8 Å². The normalized spacial score (nSPS) is 31.4. The molecule has 2 heterocycles. The molecule has 0 radical (unpaired) electrons. The van der Waals surface area contributed by atoms with E-state index in [1.54, 1.807) is 0 Å². The quantitative estimate of drug-likeness (QED) is 0.708. The summed E-state index contributed by atoms with van der Waals surface area (Å²) in [7, 11) is 0. The molecule has 3 nitrogen and oxygen atoms in total. The highest BCUT2D eigenvalue weighted by Gasteiger charge is 2.52. The number of aryl methyl sites for hydroxylation is 1. The fraction of sp³-hybridized carbons (Fsp3) is 0.538. The Balaban J connectivity index is 1.81. The third kappa shape index (κ3) is 1.34. The fourth-order valence-corrected chi connectivity index (χ4v) is 2.87. The topological polar surface area (TPSA) is 33.2 Å². The van der Waals surface area contributed by atoms with Crippen LogP contribution in [0.2, 0.25) is 0 Å². The number of nitrogens with zero attached hydrogens (tertiary/aromatic N) is 2. The van der Waals surface area contributed by atoms with E-state index in [1.165, 1.54) is 0 Å². The largest absolute Gasteiger partial charge is 0.356 e. The first-order valence-electron chi connectivity index (χ1n) is 5.88. The Bertz CT molecular complexity index is 432. The van der Waals surface area contributed by atoms with Crippen molar-refractivity contribution in [3.8, 4) is 0 Å². The molecule has 1 aromatic rings. The number of hydrogen-bond donors (Lipinski definition) is 0. The minimum Gasteiger partial charge on any atom is -0.356 e. The first-order chi connectivity index (χ1) is 7.70.